The van der Waals surface area contributed by atoms with E-state index in [-0.39, 0.29) is 0 Å². The molecular weight excluding hydrogens is 196 g/mol. The highest BCUT2D eigenvalue weighted by Crippen LogP contribution is 2.17. The second-order valence-electron chi connectivity index (χ2n) is 4.59. The molecule has 0 aromatic carbocycles. The minimum absolute atomic E-state index is 0.953. The highest BCUT2D eigenvalue weighted by atomic mass is 16.5. The van der Waals surface area contributed by atoms with E-state index in [0.29, 0.717) is 0 Å². The predicted octanol–water partition coefficient (Wildman–Crippen LogP) is 4.64. The summed E-state index contributed by atoms with van der Waals surface area (Å²) in [6, 6.07) is 0. The predicted molar refractivity (Wildman–Crippen MR) is 70.7 cm³/mol. The number of hydrogen-bond acceptors (Lipinski definition) is 1. The van der Waals surface area contributed by atoms with Crippen LogP contribution in [0, 0.1) is 0 Å². The quantitative estimate of drug-likeness (QED) is 0.489. The van der Waals surface area contributed by atoms with Crippen LogP contribution < -0.4 is 0 Å². The van der Waals surface area contributed by atoms with Crippen LogP contribution in [0.1, 0.15) is 58.3 Å². The summed E-state index contributed by atoms with van der Waals surface area (Å²) in [7, 11) is 0. The van der Waals surface area contributed by atoms with Crippen molar-refractivity contribution in [3.63, 3.8) is 0 Å². The van der Waals surface area contributed by atoms with Crippen molar-refractivity contribution in [2.24, 2.45) is 0 Å². The Bertz CT molecular complexity index is 215. The second-order valence-corrected chi connectivity index (χ2v) is 4.59. The Morgan fingerprint density at radius 1 is 1.06 bits per heavy atom. The van der Waals surface area contributed by atoms with Crippen LogP contribution in [-0.4, -0.2) is 13.2 Å². The Morgan fingerprint density at radius 3 is 2.62 bits per heavy atom. The van der Waals surface area contributed by atoms with Crippen molar-refractivity contribution in [1.82, 2.24) is 0 Å². The molecule has 1 nitrogen and oxygen atoms in total. The summed E-state index contributed by atoms with van der Waals surface area (Å²) in [5.74, 6) is 0. The van der Waals surface area contributed by atoms with Gasteiger partial charge >= 0.3 is 0 Å². The highest BCUT2D eigenvalue weighted by molar-refractivity contribution is 5.22. The van der Waals surface area contributed by atoms with E-state index >= 15 is 0 Å². The highest BCUT2D eigenvalue weighted by Gasteiger charge is 1.98. The summed E-state index contributed by atoms with van der Waals surface area (Å²) in [6.45, 7) is 4.12. The molecule has 1 aliphatic rings. The molecule has 0 heterocycles. The molecule has 0 aliphatic heterocycles. The van der Waals surface area contributed by atoms with Crippen LogP contribution in [0.25, 0.3) is 0 Å². The third-order valence-electron chi connectivity index (χ3n) is 3.03. The maximum absolute atomic E-state index is 5.53. The molecule has 0 saturated carbocycles. The van der Waals surface area contributed by atoms with Crippen LogP contribution >= 0.6 is 0 Å². The summed E-state index contributed by atoms with van der Waals surface area (Å²) in [6.07, 6.45) is 16.9. The lowest BCUT2D eigenvalue weighted by molar-refractivity contribution is 0.127. The van der Waals surface area contributed by atoms with Gasteiger partial charge in [-0.1, -0.05) is 50.0 Å². The normalized spacial score (nSPS) is 14.4. The number of unbranched alkanes of at least 4 members (excludes halogenated alkanes) is 4. The summed E-state index contributed by atoms with van der Waals surface area (Å²) in [4.78, 5) is 0. The van der Waals surface area contributed by atoms with Crippen LogP contribution in [-0.2, 0) is 4.74 Å². The van der Waals surface area contributed by atoms with E-state index in [2.05, 4.69) is 25.2 Å². The van der Waals surface area contributed by atoms with Gasteiger partial charge in [-0.25, -0.2) is 0 Å². The first kappa shape index (κ1) is 13.5. The fourth-order valence-corrected chi connectivity index (χ4v) is 1.94. The Morgan fingerprint density at radius 2 is 1.88 bits per heavy atom. The van der Waals surface area contributed by atoms with Crippen molar-refractivity contribution >= 4 is 0 Å². The Balaban J connectivity index is 1.75. The van der Waals surface area contributed by atoms with Crippen molar-refractivity contribution < 1.29 is 4.74 Å². The first-order chi connectivity index (χ1) is 7.93. The van der Waals surface area contributed by atoms with Gasteiger partial charge in [0.05, 0.1) is 0 Å². The van der Waals surface area contributed by atoms with Gasteiger partial charge < -0.3 is 4.74 Å². The molecule has 1 heteroatoms. The summed E-state index contributed by atoms with van der Waals surface area (Å²) in [5.41, 5.74) is 1.61. The first-order valence-electron chi connectivity index (χ1n) is 6.86. The van der Waals surface area contributed by atoms with Crippen LogP contribution in [0.4, 0.5) is 0 Å². The minimum atomic E-state index is 0.953. The summed E-state index contributed by atoms with van der Waals surface area (Å²) < 4.78 is 5.53. The van der Waals surface area contributed by atoms with Gasteiger partial charge in [-0.15, -0.1) is 0 Å². The topological polar surface area (TPSA) is 9.23 Å². The van der Waals surface area contributed by atoms with Gasteiger partial charge in [0.15, 0.2) is 0 Å². The van der Waals surface area contributed by atoms with E-state index in [1.165, 1.54) is 51.4 Å². The van der Waals surface area contributed by atoms with E-state index in [0.717, 1.165) is 13.2 Å². The molecular formula is C15H26O. The second kappa shape index (κ2) is 9.65. The first-order valence-corrected chi connectivity index (χ1v) is 6.86. The van der Waals surface area contributed by atoms with Crippen molar-refractivity contribution in [3.05, 3.63) is 23.8 Å². The zero-order valence-corrected chi connectivity index (χ0v) is 10.7. The molecule has 92 valence electrons. The number of hydrogen-bond donors (Lipinski definition) is 0. The van der Waals surface area contributed by atoms with Crippen LogP contribution in [0.5, 0.6) is 0 Å². The molecule has 0 saturated heterocycles. The zero-order chi connectivity index (χ0) is 11.5. The standard InChI is InChI=1S/C15H26O/c1-2-3-13-16-14-9-5-4-6-10-15-11-7-8-12-15/h7-8,11H,2-6,9-10,12-14H2,1H3. The molecule has 1 aliphatic carbocycles. The Hall–Kier alpha value is -0.560. The molecule has 0 aromatic rings. The van der Waals surface area contributed by atoms with Crippen LogP contribution in [0.3, 0.4) is 0 Å². The molecule has 0 spiro atoms. The lowest BCUT2D eigenvalue weighted by Crippen LogP contribution is -1.96. The van der Waals surface area contributed by atoms with E-state index < -0.39 is 0 Å². The van der Waals surface area contributed by atoms with Crippen LogP contribution in [0.15, 0.2) is 23.8 Å². The van der Waals surface area contributed by atoms with Gasteiger partial charge in [0.25, 0.3) is 0 Å². The summed E-state index contributed by atoms with van der Waals surface area (Å²) >= 11 is 0. The molecule has 0 unspecified atom stereocenters. The average molecular weight is 222 g/mol. The van der Waals surface area contributed by atoms with Crippen molar-refractivity contribution in [2.45, 2.75) is 58.3 Å². The lowest BCUT2D eigenvalue weighted by Gasteiger charge is -2.04. The average Bonchev–Trinajstić information content (AvgIpc) is 2.80. The van der Waals surface area contributed by atoms with E-state index in [9.17, 15) is 0 Å². The summed E-state index contributed by atoms with van der Waals surface area (Å²) in [5, 5.41) is 0. The number of allylic oxidation sites excluding steroid dienone is 4. The molecule has 0 amide bonds. The number of ether oxygens (including phenoxy) is 1. The fraction of sp³-hybridized carbons (Fsp3) is 0.733. The lowest BCUT2D eigenvalue weighted by atomic mass is 10.1. The Labute approximate surface area is 101 Å². The minimum Gasteiger partial charge on any atom is -0.381 e. The smallest absolute Gasteiger partial charge is 0.0466 e. The fourth-order valence-electron chi connectivity index (χ4n) is 1.94. The molecule has 0 atom stereocenters. The van der Waals surface area contributed by atoms with E-state index in [1.54, 1.807) is 5.57 Å². The molecule has 0 aromatic heterocycles. The largest absolute Gasteiger partial charge is 0.381 e. The van der Waals surface area contributed by atoms with E-state index in [1.807, 2.05) is 0 Å². The maximum atomic E-state index is 5.53. The molecule has 1 rings (SSSR count). The monoisotopic (exact) mass is 222 g/mol. The van der Waals surface area contributed by atoms with Crippen molar-refractivity contribution in [1.29, 1.82) is 0 Å². The van der Waals surface area contributed by atoms with Gasteiger partial charge in [-0.2, -0.15) is 0 Å². The third-order valence-corrected chi connectivity index (χ3v) is 3.03. The Kier molecular flexibility index (Phi) is 8.15. The zero-order valence-electron chi connectivity index (χ0n) is 10.7. The van der Waals surface area contributed by atoms with Crippen molar-refractivity contribution in [3.8, 4) is 0 Å². The molecule has 0 radical (unpaired) electrons. The van der Waals surface area contributed by atoms with E-state index in [4.69, 9.17) is 4.74 Å². The van der Waals surface area contributed by atoms with Gasteiger partial charge in [0, 0.05) is 13.2 Å². The molecule has 0 bridgehead atoms. The molecule has 0 N–H and O–H groups in total. The molecule has 0 fully saturated rings. The maximum Gasteiger partial charge on any atom is 0.0466 e. The van der Waals surface area contributed by atoms with Gasteiger partial charge in [0.2, 0.25) is 0 Å². The van der Waals surface area contributed by atoms with Crippen LogP contribution in [0.2, 0.25) is 0 Å². The number of rotatable bonds is 10. The van der Waals surface area contributed by atoms with Gasteiger partial charge in [-0.05, 0) is 32.1 Å². The third kappa shape index (κ3) is 6.84. The van der Waals surface area contributed by atoms with Gasteiger partial charge in [-0.3, -0.25) is 0 Å². The SMILES string of the molecule is CCCCOCCCCCCC1=CC=CC1. The molecule has 16 heavy (non-hydrogen) atoms. The van der Waals surface area contributed by atoms with Crippen molar-refractivity contribution in [2.75, 3.05) is 13.2 Å². The van der Waals surface area contributed by atoms with Gasteiger partial charge in [0.1, 0.15) is 0 Å².